The molecule has 1 amide bonds. The molecule has 1 unspecified atom stereocenters. The van der Waals surface area contributed by atoms with Crippen LogP contribution < -0.4 is 20.7 Å². The zero-order valence-corrected chi connectivity index (χ0v) is 18.3. The van der Waals surface area contributed by atoms with Gasteiger partial charge in [0.15, 0.2) is 5.96 Å². The third-order valence-corrected chi connectivity index (χ3v) is 4.65. The van der Waals surface area contributed by atoms with Crippen LogP contribution in [0.3, 0.4) is 0 Å². The largest absolute Gasteiger partial charge is 0.488 e. The molecule has 0 bridgehead atoms. The molecule has 0 fully saturated rings. The second-order valence-electron chi connectivity index (χ2n) is 8.53. The number of fused-ring (bicyclic) bond motifs is 1. The highest BCUT2D eigenvalue weighted by molar-refractivity contribution is 5.94. The lowest BCUT2D eigenvalue weighted by atomic mass is 10.1. The number of nitrogens with one attached hydrogen (secondary N) is 3. The highest BCUT2D eigenvalue weighted by Crippen LogP contribution is 2.27. The van der Waals surface area contributed by atoms with Gasteiger partial charge in [-0.2, -0.15) is 0 Å². The Morgan fingerprint density at radius 2 is 1.93 bits per heavy atom. The first-order valence-electron chi connectivity index (χ1n) is 10.5. The third kappa shape index (κ3) is 6.24. The smallest absolute Gasteiger partial charge is 0.251 e. The Labute approximate surface area is 179 Å². The van der Waals surface area contributed by atoms with Crippen molar-refractivity contribution in [2.75, 3.05) is 13.1 Å². The van der Waals surface area contributed by atoms with Gasteiger partial charge in [-0.3, -0.25) is 4.79 Å². The lowest BCUT2D eigenvalue weighted by Crippen LogP contribution is -2.42. The first-order chi connectivity index (χ1) is 14.3. The van der Waals surface area contributed by atoms with Crippen molar-refractivity contribution in [3.63, 3.8) is 0 Å². The SMILES string of the molecule is CCNC(=NCc1cccc(C(=O)NC(C)(C)C)c1)NCC1Cc2ccccc2O1. The summed E-state index contributed by atoms with van der Waals surface area (Å²) in [6.07, 6.45) is 0.990. The number of aliphatic imine (C=N–C) groups is 1. The van der Waals surface area contributed by atoms with Gasteiger partial charge in [0.05, 0.1) is 13.1 Å². The molecule has 0 saturated heterocycles. The Hall–Kier alpha value is -3.02. The highest BCUT2D eigenvalue weighted by atomic mass is 16.5. The predicted octanol–water partition coefficient (Wildman–Crippen LogP) is 3.27. The molecular weight excluding hydrogens is 376 g/mol. The number of hydrogen-bond acceptors (Lipinski definition) is 3. The average molecular weight is 409 g/mol. The van der Waals surface area contributed by atoms with Crippen molar-refractivity contribution in [2.45, 2.75) is 52.3 Å². The van der Waals surface area contributed by atoms with Crippen molar-refractivity contribution in [3.05, 3.63) is 65.2 Å². The highest BCUT2D eigenvalue weighted by Gasteiger charge is 2.22. The maximum absolute atomic E-state index is 12.4. The van der Waals surface area contributed by atoms with E-state index in [-0.39, 0.29) is 17.6 Å². The number of nitrogens with zero attached hydrogens (tertiary/aromatic N) is 1. The van der Waals surface area contributed by atoms with E-state index in [4.69, 9.17) is 4.74 Å². The van der Waals surface area contributed by atoms with Gasteiger partial charge in [0, 0.05) is 24.1 Å². The van der Waals surface area contributed by atoms with E-state index in [1.165, 1.54) is 5.56 Å². The van der Waals surface area contributed by atoms with E-state index < -0.39 is 0 Å². The molecule has 0 aliphatic carbocycles. The van der Waals surface area contributed by atoms with E-state index in [9.17, 15) is 4.79 Å². The first-order valence-corrected chi connectivity index (χ1v) is 10.5. The van der Waals surface area contributed by atoms with Crippen LogP contribution >= 0.6 is 0 Å². The van der Waals surface area contributed by atoms with Gasteiger partial charge in [0.1, 0.15) is 11.9 Å². The molecule has 6 nitrogen and oxygen atoms in total. The number of ether oxygens (including phenoxy) is 1. The van der Waals surface area contributed by atoms with Crippen molar-refractivity contribution >= 4 is 11.9 Å². The molecule has 0 radical (unpaired) electrons. The van der Waals surface area contributed by atoms with Crippen LogP contribution in [0.15, 0.2) is 53.5 Å². The van der Waals surface area contributed by atoms with E-state index in [2.05, 4.69) is 27.0 Å². The van der Waals surface area contributed by atoms with Gasteiger partial charge in [0.2, 0.25) is 0 Å². The van der Waals surface area contributed by atoms with Crippen LogP contribution in [0.1, 0.15) is 49.2 Å². The zero-order valence-electron chi connectivity index (χ0n) is 18.3. The Balaban J connectivity index is 1.58. The molecule has 1 aliphatic rings. The molecule has 2 aromatic rings. The zero-order chi connectivity index (χ0) is 21.6. The number of carbonyl (C=O) groups excluding carboxylic acids is 1. The summed E-state index contributed by atoms with van der Waals surface area (Å²) < 4.78 is 5.99. The minimum absolute atomic E-state index is 0.0729. The Bertz CT molecular complexity index is 877. The van der Waals surface area contributed by atoms with Crippen molar-refractivity contribution < 1.29 is 9.53 Å². The monoisotopic (exact) mass is 408 g/mol. The molecule has 3 N–H and O–H groups in total. The quantitative estimate of drug-likeness (QED) is 0.507. The topological polar surface area (TPSA) is 74.8 Å². The molecule has 1 heterocycles. The van der Waals surface area contributed by atoms with Gasteiger partial charge in [-0.1, -0.05) is 30.3 Å². The molecule has 1 aliphatic heterocycles. The van der Waals surface area contributed by atoms with Crippen LogP contribution in [0.25, 0.3) is 0 Å². The summed E-state index contributed by atoms with van der Waals surface area (Å²) in [4.78, 5) is 17.1. The van der Waals surface area contributed by atoms with Gasteiger partial charge >= 0.3 is 0 Å². The second kappa shape index (κ2) is 9.65. The van der Waals surface area contributed by atoms with Gasteiger partial charge in [-0.05, 0) is 57.0 Å². The fraction of sp³-hybridized carbons (Fsp3) is 0.417. The second-order valence-corrected chi connectivity index (χ2v) is 8.53. The number of carbonyl (C=O) groups is 1. The average Bonchev–Trinajstić information content (AvgIpc) is 3.12. The van der Waals surface area contributed by atoms with E-state index in [1.807, 2.05) is 70.2 Å². The van der Waals surface area contributed by atoms with Crippen molar-refractivity contribution in [1.29, 1.82) is 0 Å². The molecule has 1 atom stereocenters. The summed E-state index contributed by atoms with van der Waals surface area (Å²) in [5, 5.41) is 9.63. The van der Waals surface area contributed by atoms with Crippen LogP contribution in [-0.4, -0.2) is 36.6 Å². The lowest BCUT2D eigenvalue weighted by molar-refractivity contribution is 0.0919. The van der Waals surface area contributed by atoms with E-state index in [0.717, 1.165) is 30.2 Å². The number of benzene rings is 2. The van der Waals surface area contributed by atoms with Crippen LogP contribution in [-0.2, 0) is 13.0 Å². The normalized spacial score (nSPS) is 15.9. The van der Waals surface area contributed by atoms with Gasteiger partial charge in [0.25, 0.3) is 5.91 Å². The molecule has 3 rings (SSSR count). The van der Waals surface area contributed by atoms with Crippen molar-refractivity contribution in [3.8, 4) is 5.75 Å². The van der Waals surface area contributed by atoms with Crippen molar-refractivity contribution in [2.24, 2.45) is 4.99 Å². The minimum atomic E-state index is -0.269. The molecule has 0 spiro atoms. The van der Waals surface area contributed by atoms with Gasteiger partial charge in [-0.25, -0.2) is 4.99 Å². The number of hydrogen-bond donors (Lipinski definition) is 3. The maximum atomic E-state index is 12.4. The molecule has 160 valence electrons. The van der Waals surface area contributed by atoms with Crippen LogP contribution in [0, 0.1) is 0 Å². The van der Waals surface area contributed by atoms with Crippen LogP contribution in [0.5, 0.6) is 5.75 Å². The Morgan fingerprint density at radius 1 is 1.13 bits per heavy atom. The van der Waals surface area contributed by atoms with Gasteiger partial charge < -0.3 is 20.7 Å². The first kappa shape index (κ1) is 21.7. The number of rotatable bonds is 6. The summed E-state index contributed by atoms with van der Waals surface area (Å²) in [7, 11) is 0. The maximum Gasteiger partial charge on any atom is 0.251 e. The molecule has 0 aromatic heterocycles. The summed E-state index contributed by atoms with van der Waals surface area (Å²) in [5.41, 5.74) is 2.61. The predicted molar refractivity (Wildman–Crippen MR) is 121 cm³/mol. The molecule has 2 aromatic carbocycles. The number of para-hydroxylation sites is 1. The minimum Gasteiger partial charge on any atom is -0.488 e. The molecule has 6 heteroatoms. The fourth-order valence-electron chi connectivity index (χ4n) is 3.31. The van der Waals surface area contributed by atoms with E-state index >= 15 is 0 Å². The molecule has 30 heavy (non-hydrogen) atoms. The number of amides is 1. The summed E-state index contributed by atoms with van der Waals surface area (Å²) in [5.74, 6) is 1.63. The summed E-state index contributed by atoms with van der Waals surface area (Å²) in [6.45, 7) is 9.88. The standard InChI is InChI=1S/C24H32N4O2/c1-5-25-23(27-16-20-14-18-10-6-7-12-21(18)30-20)26-15-17-9-8-11-19(13-17)22(29)28-24(2,3)4/h6-13,20H,5,14-16H2,1-4H3,(H,28,29)(H2,25,26,27). The van der Waals surface area contributed by atoms with Crippen LogP contribution in [0.4, 0.5) is 0 Å². The van der Waals surface area contributed by atoms with Crippen molar-refractivity contribution in [1.82, 2.24) is 16.0 Å². The van der Waals surface area contributed by atoms with Gasteiger partial charge in [-0.15, -0.1) is 0 Å². The van der Waals surface area contributed by atoms with Crippen LogP contribution in [0.2, 0.25) is 0 Å². The Kier molecular flexibility index (Phi) is 6.98. The van der Waals surface area contributed by atoms with E-state index in [0.29, 0.717) is 18.7 Å². The lowest BCUT2D eigenvalue weighted by Gasteiger charge is -2.20. The van der Waals surface area contributed by atoms with E-state index in [1.54, 1.807) is 0 Å². The summed E-state index contributed by atoms with van der Waals surface area (Å²) >= 11 is 0. The molecule has 0 saturated carbocycles. The third-order valence-electron chi connectivity index (χ3n) is 4.65. The Morgan fingerprint density at radius 3 is 2.67 bits per heavy atom. The molecular formula is C24H32N4O2. The number of guanidine groups is 1. The fourth-order valence-corrected chi connectivity index (χ4v) is 3.31. The summed E-state index contributed by atoms with van der Waals surface area (Å²) in [6, 6.07) is 15.8.